The van der Waals surface area contributed by atoms with Crippen molar-refractivity contribution >= 4 is 51.1 Å². The molecule has 0 bridgehead atoms. The number of benzene rings is 1. The molecule has 1 saturated heterocycles. The van der Waals surface area contributed by atoms with Crippen molar-refractivity contribution in [2.24, 2.45) is 17.4 Å². The number of nitrogens with two attached hydrogens (primary N) is 2. The maximum Gasteiger partial charge on any atom is 0.405 e. The molecule has 0 aromatic heterocycles. The van der Waals surface area contributed by atoms with Gasteiger partial charge in [-0.05, 0) is 69.2 Å². The van der Waals surface area contributed by atoms with E-state index in [1.54, 1.807) is 30.3 Å². The average molecular weight is 596 g/mol. The van der Waals surface area contributed by atoms with Crippen molar-refractivity contribution < 1.29 is 32.3 Å². The minimum absolute atomic E-state index is 0.0123. The number of ether oxygens (including phenoxy) is 1. The number of carbonyl (C=O) groups excluding carboxylic acids is 4. The zero-order chi connectivity index (χ0) is 29.3. The third-order valence-electron chi connectivity index (χ3n) is 7.97. The van der Waals surface area contributed by atoms with Gasteiger partial charge in [-0.3, -0.25) is 18.7 Å². The van der Waals surface area contributed by atoms with Crippen LogP contribution in [-0.2, 0) is 29.1 Å². The molecule has 4 amide bonds. The highest BCUT2D eigenvalue weighted by atomic mass is 35.5. The van der Waals surface area contributed by atoms with Crippen LogP contribution in [0.25, 0.3) is 0 Å². The Morgan fingerprint density at radius 3 is 2.48 bits per heavy atom. The molecule has 14 heteroatoms. The highest BCUT2D eigenvalue weighted by Gasteiger charge is 2.68. The van der Waals surface area contributed by atoms with Crippen molar-refractivity contribution in [3.8, 4) is 0 Å². The van der Waals surface area contributed by atoms with Crippen LogP contribution in [0, 0.1) is 5.92 Å². The van der Waals surface area contributed by atoms with Gasteiger partial charge >= 0.3 is 6.09 Å². The van der Waals surface area contributed by atoms with E-state index in [1.807, 2.05) is 6.08 Å². The van der Waals surface area contributed by atoms with Gasteiger partial charge in [0.25, 0.3) is 27.7 Å². The number of nitrogens with zero attached hydrogens (tertiary/aromatic N) is 2. The lowest BCUT2D eigenvalue weighted by molar-refractivity contribution is -0.157. The topological polar surface area (TPSA) is 182 Å². The summed E-state index contributed by atoms with van der Waals surface area (Å²) in [4.78, 5) is 51.4. The zero-order valence-electron chi connectivity index (χ0n) is 22.2. The summed E-state index contributed by atoms with van der Waals surface area (Å²) in [6.45, 7) is -0.0123. The monoisotopic (exact) mass is 595 g/mol. The second-order valence-electron chi connectivity index (χ2n) is 10.4. The normalized spacial score (nSPS) is 29.3. The number of sulfonamides is 1. The van der Waals surface area contributed by atoms with Crippen LogP contribution in [0.15, 0.2) is 36.4 Å². The molecule has 0 radical (unpaired) electrons. The molecule has 2 fully saturated rings. The van der Waals surface area contributed by atoms with E-state index in [-0.39, 0.29) is 32.2 Å². The minimum atomic E-state index is -4.25. The summed E-state index contributed by atoms with van der Waals surface area (Å²) in [6, 6.07) is 6.18. The maximum atomic E-state index is 14.1. The van der Waals surface area contributed by atoms with Gasteiger partial charge in [-0.25, -0.2) is 13.2 Å². The second kappa shape index (κ2) is 11.3. The van der Waals surface area contributed by atoms with Gasteiger partial charge < -0.3 is 26.4 Å². The van der Waals surface area contributed by atoms with Crippen molar-refractivity contribution in [2.45, 2.75) is 67.9 Å². The van der Waals surface area contributed by atoms with Crippen LogP contribution in [0.4, 0.5) is 10.5 Å². The molecule has 4 rings (SSSR count). The Balaban J connectivity index is 1.76. The van der Waals surface area contributed by atoms with Crippen LogP contribution in [0.5, 0.6) is 0 Å². The molecule has 5 N–H and O–H groups in total. The molecule has 40 heavy (non-hydrogen) atoms. The predicted octanol–water partition coefficient (Wildman–Crippen LogP) is 1.77. The fraction of sp³-hybridized carbons (Fsp3) is 0.538. The van der Waals surface area contributed by atoms with E-state index in [4.69, 9.17) is 27.8 Å². The van der Waals surface area contributed by atoms with Gasteiger partial charge in [0.15, 0.2) is 11.0 Å². The van der Waals surface area contributed by atoms with E-state index in [9.17, 15) is 27.6 Å². The highest BCUT2D eigenvalue weighted by Crippen LogP contribution is 2.51. The Morgan fingerprint density at radius 1 is 1.12 bits per heavy atom. The predicted molar refractivity (Wildman–Crippen MR) is 147 cm³/mol. The maximum absolute atomic E-state index is 14.1. The van der Waals surface area contributed by atoms with Crippen LogP contribution in [0.2, 0.25) is 5.02 Å². The second-order valence-corrected chi connectivity index (χ2v) is 13.1. The van der Waals surface area contributed by atoms with Gasteiger partial charge in [0, 0.05) is 24.5 Å². The SMILES string of the molecule is CN(c1ccc(Cl)cc1)S(=O)(=O)C12CC1C=CCCCCCC(OC(N)=O)C(=O)N1CCCC1(C(N)=O)C(=O)N2. The molecule has 3 aliphatic rings. The Bertz CT molecular complexity index is 1320. The molecule has 1 aromatic rings. The number of allylic oxidation sites excluding steroid dienone is 1. The number of hydrogen-bond acceptors (Lipinski definition) is 7. The molecule has 2 aliphatic heterocycles. The Kier molecular flexibility index (Phi) is 8.36. The molecule has 1 aromatic carbocycles. The average Bonchev–Trinajstić information content (AvgIpc) is 3.40. The minimum Gasteiger partial charge on any atom is -0.436 e. The van der Waals surface area contributed by atoms with Crippen molar-refractivity contribution in [2.75, 3.05) is 17.9 Å². The summed E-state index contributed by atoms with van der Waals surface area (Å²) in [5, 5.41) is 3.06. The number of halogens is 1. The van der Waals surface area contributed by atoms with E-state index in [0.717, 1.165) is 15.6 Å². The standard InChI is InChI=1S/C26H34ClN5O7S/c1-31(19-12-10-18(27)11-13-19)40(37,38)26-16-17(26)8-5-3-2-4-6-9-20(39-24(29)36)21(33)32-15-7-14-25(32,22(28)34)23(35)30-26/h5,8,10-13,17,20H,2-4,6-7,9,14-16H2,1H3,(H2,28,34)(H2,29,36)(H,30,35). The molecule has 12 nitrogen and oxygen atoms in total. The van der Waals surface area contributed by atoms with Gasteiger partial charge in [0.05, 0.1) is 5.69 Å². The van der Waals surface area contributed by atoms with Gasteiger partial charge in [0.2, 0.25) is 5.54 Å². The van der Waals surface area contributed by atoms with Gasteiger partial charge in [0.1, 0.15) is 0 Å². The number of rotatable bonds is 5. The smallest absolute Gasteiger partial charge is 0.405 e. The Morgan fingerprint density at radius 2 is 1.82 bits per heavy atom. The number of fused-ring (bicyclic) bond motifs is 2. The summed E-state index contributed by atoms with van der Waals surface area (Å²) < 4.78 is 34.3. The third kappa shape index (κ3) is 5.24. The quantitative estimate of drug-likeness (QED) is 0.342. The summed E-state index contributed by atoms with van der Waals surface area (Å²) in [5.74, 6) is -3.46. The van der Waals surface area contributed by atoms with Crippen LogP contribution in [0.1, 0.15) is 51.4 Å². The fourth-order valence-corrected chi connectivity index (χ4v) is 7.71. The number of primary amides is 2. The van der Waals surface area contributed by atoms with Gasteiger partial charge in [-0.2, -0.15) is 0 Å². The summed E-state index contributed by atoms with van der Waals surface area (Å²) in [6.07, 6.45) is 4.09. The highest BCUT2D eigenvalue weighted by molar-refractivity contribution is 7.94. The molecule has 1 aliphatic carbocycles. The van der Waals surface area contributed by atoms with Crippen LogP contribution < -0.4 is 21.1 Å². The van der Waals surface area contributed by atoms with E-state index in [1.165, 1.54) is 7.05 Å². The zero-order valence-corrected chi connectivity index (χ0v) is 23.7. The Labute approximate surface area is 238 Å². The van der Waals surface area contributed by atoms with Gasteiger partial charge in [-0.1, -0.05) is 30.2 Å². The van der Waals surface area contributed by atoms with Crippen molar-refractivity contribution in [1.29, 1.82) is 0 Å². The van der Waals surface area contributed by atoms with E-state index >= 15 is 0 Å². The molecule has 218 valence electrons. The molecular weight excluding hydrogens is 562 g/mol. The molecule has 4 atom stereocenters. The van der Waals surface area contributed by atoms with Crippen molar-refractivity contribution in [1.82, 2.24) is 10.2 Å². The lowest BCUT2D eigenvalue weighted by Crippen LogP contribution is -2.68. The fourth-order valence-electron chi connectivity index (χ4n) is 5.62. The van der Waals surface area contributed by atoms with E-state index in [0.29, 0.717) is 30.0 Å². The number of amides is 4. The summed E-state index contributed by atoms with van der Waals surface area (Å²) in [5.41, 5.74) is 9.13. The first-order valence-electron chi connectivity index (χ1n) is 13.2. The molecular formula is C26H34ClN5O7S. The molecule has 0 spiro atoms. The van der Waals surface area contributed by atoms with Crippen LogP contribution in [-0.4, -0.2) is 67.2 Å². The van der Waals surface area contributed by atoms with Crippen molar-refractivity contribution in [3.63, 3.8) is 0 Å². The van der Waals surface area contributed by atoms with Crippen molar-refractivity contribution in [3.05, 3.63) is 41.4 Å². The van der Waals surface area contributed by atoms with Gasteiger partial charge in [-0.15, -0.1) is 0 Å². The molecule has 2 heterocycles. The molecule has 4 unspecified atom stereocenters. The lowest BCUT2D eigenvalue weighted by Gasteiger charge is -2.37. The lowest BCUT2D eigenvalue weighted by atomic mass is 9.92. The van der Waals surface area contributed by atoms with E-state index < -0.39 is 56.3 Å². The number of carbonyl (C=O) groups is 4. The summed E-state index contributed by atoms with van der Waals surface area (Å²) in [7, 11) is -2.88. The first-order chi connectivity index (χ1) is 18.9. The number of nitrogens with one attached hydrogen (secondary N) is 1. The largest absolute Gasteiger partial charge is 0.436 e. The number of anilines is 1. The van der Waals surface area contributed by atoms with E-state index in [2.05, 4.69) is 5.32 Å². The molecule has 1 saturated carbocycles. The summed E-state index contributed by atoms with van der Waals surface area (Å²) >= 11 is 5.97. The number of hydrogen-bond donors (Lipinski definition) is 3. The third-order valence-corrected chi connectivity index (χ3v) is 10.6. The van der Waals surface area contributed by atoms with Crippen LogP contribution in [0.3, 0.4) is 0 Å². The Hall–Kier alpha value is -3.32. The van der Waals surface area contributed by atoms with Crippen LogP contribution >= 0.6 is 11.6 Å². The first-order valence-corrected chi connectivity index (χ1v) is 15.0. The first kappa shape index (κ1) is 29.7.